The Morgan fingerprint density at radius 1 is 0.526 bits per heavy atom. The van der Waals surface area contributed by atoms with Crippen molar-refractivity contribution in [3.63, 3.8) is 0 Å². The van der Waals surface area contributed by atoms with Crippen LogP contribution < -0.4 is 87.2 Å². The maximum atomic E-state index is 14.5. The van der Waals surface area contributed by atoms with Crippen LogP contribution in [0.2, 0.25) is 0 Å². The van der Waals surface area contributed by atoms with Gasteiger partial charge in [0.1, 0.15) is 17.4 Å². The van der Waals surface area contributed by atoms with Crippen molar-refractivity contribution in [2.24, 2.45) is 28.7 Å². The van der Waals surface area contributed by atoms with Crippen LogP contribution in [0.25, 0.3) is 21.5 Å². The number of hydrogen-bond acceptors (Lipinski definition) is 17. The van der Waals surface area contributed by atoms with Gasteiger partial charge in [0.15, 0.2) is 48.5 Å². The molecule has 6 amide bonds. The molecule has 33 heteroatoms. The van der Waals surface area contributed by atoms with E-state index in [1.807, 2.05) is 28.1 Å². The quantitative estimate of drug-likeness (QED) is 0.00594. The lowest BCUT2D eigenvalue weighted by Gasteiger charge is -2.31. The van der Waals surface area contributed by atoms with Gasteiger partial charge in [-0.25, -0.2) is 0 Å². The molecule has 5 aromatic carbocycles. The Morgan fingerprint density at radius 3 is 1.45 bits per heavy atom. The fraction of sp³-hybridized carbons (Fsp3) is 0.163. The molecule has 0 aromatic heterocycles. The van der Waals surface area contributed by atoms with Gasteiger partial charge in [0, 0.05) is 6.54 Å². The maximum Gasteiger partial charge on any atom is 0.299 e. The summed E-state index contributed by atoms with van der Waals surface area (Å²) < 4.78 is 0. The molecular formula is C43H50N22O11. The third-order valence-electron chi connectivity index (χ3n) is 10.6. The van der Waals surface area contributed by atoms with Crippen molar-refractivity contribution in [3.05, 3.63) is 128 Å². The zero-order valence-corrected chi connectivity index (χ0v) is 39.2. The molecule has 33 nitrogen and oxygen atoms in total. The van der Waals surface area contributed by atoms with Crippen LogP contribution in [-0.4, -0.2) is 105 Å². The van der Waals surface area contributed by atoms with Crippen molar-refractivity contribution in [2.75, 3.05) is 10.6 Å². The number of hydrogen-bond donors (Lipinski definition) is 20. The lowest BCUT2D eigenvalue weighted by atomic mass is 9.96. The Balaban J connectivity index is 1.50. The number of nitrogens with zero attached hydrogens (tertiary/aromatic N) is 3. The highest BCUT2D eigenvalue weighted by Gasteiger charge is 2.37. The number of anilines is 2. The van der Waals surface area contributed by atoms with Gasteiger partial charge in [0.25, 0.3) is 40.9 Å². The second kappa shape index (κ2) is 24.3. The van der Waals surface area contributed by atoms with E-state index >= 15 is 0 Å². The van der Waals surface area contributed by atoms with Crippen molar-refractivity contribution in [1.82, 2.24) is 47.9 Å². The minimum atomic E-state index is -2.48. The highest BCUT2D eigenvalue weighted by molar-refractivity contribution is 6.09. The number of nitrogens with two attached hydrogens (primary N) is 6. The molecule has 398 valence electrons. The first-order chi connectivity index (χ1) is 35.9. The van der Waals surface area contributed by atoms with Crippen LogP contribution in [-0.2, 0) is 35.3 Å². The standard InChI is InChI=1S/C43H50N22O11/c44-24-15-26(27(65(75)76)16-25(24)64(73)74)63(17-20-14-19-10-4-5-11-21(19)23-13-7-6-12-22(20)23)39(72)38(71)54-28(18-8-2-1-3-9-18)34(67)56-31(60-41(48)49)36(69)58-33(62-43(52)53)37(70)57-32(61-42(50)51)35(68)55-30(29(45)66)59-40(46)47/h1-16,28,30-33,39,72H,17,44H2,(H2,45,66)(H,54,71)(H,55,68)(H,56,67)(H,57,70)(H,58,69)(H4,46,47,59)(H4,48,49,60)(H4,50,51,61)(H4,52,53,62). The minimum absolute atomic E-state index is 0.0185. The lowest BCUT2D eigenvalue weighted by molar-refractivity contribution is -0.393. The van der Waals surface area contributed by atoms with Crippen molar-refractivity contribution in [3.8, 4) is 0 Å². The van der Waals surface area contributed by atoms with Crippen molar-refractivity contribution >= 4 is 104 Å². The summed E-state index contributed by atoms with van der Waals surface area (Å²) in [6.45, 7) is -0.505. The summed E-state index contributed by atoms with van der Waals surface area (Å²) in [5.41, 5.74) is 30.3. The van der Waals surface area contributed by atoms with Crippen molar-refractivity contribution < 1.29 is 43.7 Å². The highest BCUT2D eigenvalue weighted by Crippen LogP contribution is 2.39. The van der Waals surface area contributed by atoms with Crippen LogP contribution in [0.1, 0.15) is 17.2 Å². The van der Waals surface area contributed by atoms with Gasteiger partial charge in [0.2, 0.25) is 12.1 Å². The monoisotopic (exact) mass is 1050 g/mol. The zero-order chi connectivity index (χ0) is 56.1. The van der Waals surface area contributed by atoms with Gasteiger partial charge in [0.05, 0.1) is 15.9 Å². The smallest absolute Gasteiger partial charge is 0.299 e. The van der Waals surface area contributed by atoms with Crippen LogP contribution in [0.4, 0.5) is 22.7 Å². The Kier molecular flexibility index (Phi) is 17.9. The molecule has 0 heterocycles. The van der Waals surface area contributed by atoms with Crippen LogP contribution >= 0.6 is 0 Å². The largest absolute Gasteiger partial charge is 0.393 e. The second-order valence-corrected chi connectivity index (χ2v) is 16.0. The molecule has 26 N–H and O–H groups in total. The number of aliphatic hydroxyl groups excluding tert-OH is 1. The molecule has 0 saturated carbocycles. The summed E-state index contributed by atoms with van der Waals surface area (Å²) in [5, 5.41) is 88.8. The Hall–Kier alpha value is -11.1. The fourth-order valence-corrected chi connectivity index (χ4v) is 7.37. The van der Waals surface area contributed by atoms with Gasteiger partial charge in [-0.05, 0) is 44.8 Å². The van der Waals surface area contributed by atoms with Gasteiger partial charge in [-0.3, -0.25) is 70.6 Å². The number of carbonyl (C=O) groups excluding carboxylic acids is 6. The molecule has 6 unspecified atom stereocenters. The SMILES string of the molecule is N=C(N)NC(NC(=O)C(NC(=N)N)NC(=O)C(NC(=N)N)NC(=O)C(NC(=N)N)NC(=O)C(NC(=O)C(O)N(Cc1cc2ccccc2c2ccccc12)c1cc(N)c([N+](=O)[O-])cc1[N+](=O)[O-])c1ccccc1)C(N)=O. The number of rotatable bonds is 22. The molecule has 0 aliphatic rings. The van der Waals surface area contributed by atoms with Gasteiger partial charge >= 0.3 is 0 Å². The summed E-state index contributed by atoms with van der Waals surface area (Å²) in [7, 11) is 0. The Labute approximate surface area is 427 Å². The molecule has 0 radical (unpaired) electrons. The summed E-state index contributed by atoms with van der Waals surface area (Å²) in [4.78, 5) is 105. The third-order valence-corrected chi connectivity index (χ3v) is 10.6. The number of carbonyl (C=O) groups is 6. The number of nitrogens with one attached hydrogen (secondary N) is 13. The van der Waals surface area contributed by atoms with E-state index in [9.17, 15) is 54.1 Å². The number of fused-ring (bicyclic) bond motifs is 3. The zero-order valence-electron chi connectivity index (χ0n) is 39.2. The fourth-order valence-electron chi connectivity index (χ4n) is 7.37. The summed E-state index contributed by atoms with van der Waals surface area (Å²) in [6, 6.07) is 22.5. The summed E-state index contributed by atoms with van der Waals surface area (Å²) in [5.74, 6) is -11.9. The Bertz CT molecular complexity index is 3160. The first-order valence-electron chi connectivity index (χ1n) is 21.7. The average molecular weight is 1050 g/mol. The minimum Gasteiger partial charge on any atom is -0.393 e. The van der Waals surface area contributed by atoms with Gasteiger partial charge in [-0.1, -0.05) is 78.9 Å². The molecule has 0 aliphatic heterocycles. The van der Waals surface area contributed by atoms with Crippen LogP contribution in [0.5, 0.6) is 0 Å². The number of amides is 6. The molecule has 76 heavy (non-hydrogen) atoms. The number of primary amides is 1. The van der Waals surface area contributed by atoms with E-state index in [2.05, 4.69) is 31.9 Å². The van der Waals surface area contributed by atoms with Gasteiger partial charge in [-0.15, -0.1) is 0 Å². The Morgan fingerprint density at radius 2 is 0.961 bits per heavy atom. The first kappa shape index (κ1) is 55.8. The van der Waals surface area contributed by atoms with Crippen LogP contribution in [0.3, 0.4) is 0 Å². The molecule has 6 atom stereocenters. The topological polar surface area (TPSA) is 572 Å². The molecule has 0 bridgehead atoms. The number of nitro benzene ring substituents is 2. The number of nitro groups is 2. The number of guanidine groups is 4. The molecular weight excluding hydrogens is 1000 g/mol. The normalized spacial score (nSPS) is 13.1. The van der Waals surface area contributed by atoms with Gasteiger partial charge in [-0.2, -0.15) is 0 Å². The summed E-state index contributed by atoms with van der Waals surface area (Å²) in [6.07, 6.45) is -10.7. The number of aliphatic hydroxyl groups is 1. The molecule has 0 saturated heterocycles. The van der Waals surface area contributed by atoms with E-state index in [4.69, 9.17) is 56.0 Å². The van der Waals surface area contributed by atoms with Gasteiger partial charge < -0.3 is 92.3 Å². The van der Waals surface area contributed by atoms with E-state index in [0.29, 0.717) is 27.8 Å². The summed E-state index contributed by atoms with van der Waals surface area (Å²) >= 11 is 0. The maximum absolute atomic E-state index is 14.5. The van der Waals surface area contributed by atoms with Crippen molar-refractivity contribution in [1.29, 1.82) is 21.6 Å². The van der Waals surface area contributed by atoms with Crippen LogP contribution in [0, 0.1) is 41.9 Å². The van der Waals surface area contributed by atoms with Crippen molar-refractivity contribution in [2.45, 2.75) is 43.5 Å². The van der Waals surface area contributed by atoms with E-state index in [1.165, 1.54) is 30.3 Å². The molecule has 5 aromatic rings. The number of benzene rings is 5. The molecule has 0 aliphatic carbocycles. The predicted molar refractivity (Wildman–Crippen MR) is 272 cm³/mol. The number of nitrogen functional groups attached to an aromatic ring is 1. The molecule has 0 spiro atoms. The van der Waals surface area contributed by atoms with E-state index < -0.39 is 135 Å². The highest BCUT2D eigenvalue weighted by atomic mass is 16.6. The average Bonchev–Trinajstić information content (AvgIpc) is 3.36. The third kappa shape index (κ3) is 14.1. The lowest BCUT2D eigenvalue weighted by Crippen LogP contribution is -2.68. The molecule has 0 fully saturated rings. The second-order valence-electron chi connectivity index (χ2n) is 16.0. The first-order valence-corrected chi connectivity index (χ1v) is 21.7. The van der Waals surface area contributed by atoms with Crippen LogP contribution in [0.15, 0.2) is 97.1 Å². The predicted octanol–water partition coefficient (Wildman–Crippen LogP) is -4.24. The molecule has 5 rings (SSSR count). The van der Waals surface area contributed by atoms with E-state index in [0.717, 1.165) is 16.4 Å². The van der Waals surface area contributed by atoms with E-state index in [-0.39, 0.29) is 5.56 Å². The van der Waals surface area contributed by atoms with E-state index in [1.54, 1.807) is 42.5 Å².